The van der Waals surface area contributed by atoms with E-state index in [-0.39, 0.29) is 23.8 Å². The Hall–Kier alpha value is -2.44. The molecule has 20 heavy (non-hydrogen) atoms. The van der Waals surface area contributed by atoms with Gasteiger partial charge < -0.3 is 14.4 Å². The highest BCUT2D eigenvalue weighted by Gasteiger charge is 2.10. The average molecular weight is 280 g/mol. The predicted molar refractivity (Wildman–Crippen MR) is 66.0 cm³/mol. The Morgan fingerprint density at radius 1 is 1.45 bits per heavy atom. The zero-order chi connectivity index (χ0) is 14.5. The number of hydrogen-bond donors (Lipinski definition) is 1. The van der Waals surface area contributed by atoms with Crippen LogP contribution in [0.15, 0.2) is 22.7 Å². The van der Waals surface area contributed by atoms with Crippen molar-refractivity contribution in [2.24, 2.45) is 0 Å². The Labute approximate surface area is 114 Å². The fourth-order valence-corrected chi connectivity index (χ4v) is 1.59. The molecule has 6 nitrogen and oxygen atoms in total. The second-order valence-corrected chi connectivity index (χ2v) is 4.12. The number of rotatable bonds is 6. The smallest absolute Gasteiger partial charge is 0.335 e. The maximum atomic E-state index is 13.2. The predicted octanol–water partition coefficient (Wildman–Crippen LogP) is 2.44. The molecule has 0 saturated heterocycles. The molecule has 1 heterocycles. The quantitative estimate of drug-likeness (QED) is 0.874. The molecule has 0 aliphatic carbocycles. The fraction of sp³-hybridized carbons (Fsp3) is 0.308. The minimum atomic E-state index is -1.22. The van der Waals surface area contributed by atoms with Crippen molar-refractivity contribution in [3.05, 3.63) is 41.3 Å². The normalized spacial score (nSPS) is 10.5. The van der Waals surface area contributed by atoms with Crippen molar-refractivity contribution in [3.8, 4) is 5.75 Å². The first-order valence-corrected chi connectivity index (χ1v) is 6.06. The summed E-state index contributed by atoms with van der Waals surface area (Å²) >= 11 is 0. The van der Waals surface area contributed by atoms with Crippen LogP contribution in [0.2, 0.25) is 0 Å². The zero-order valence-corrected chi connectivity index (χ0v) is 10.8. The molecule has 0 radical (unpaired) electrons. The maximum absolute atomic E-state index is 13.2. The van der Waals surface area contributed by atoms with E-state index in [1.54, 1.807) is 0 Å². The van der Waals surface area contributed by atoms with E-state index in [4.69, 9.17) is 14.4 Å². The molecule has 1 aromatic heterocycles. The van der Waals surface area contributed by atoms with Crippen molar-refractivity contribution in [1.29, 1.82) is 0 Å². The molecular formula is C13H13FN2O4. The topological polar surface area (TPSA) is 85.5 Å². The van der Waals surface area contributed by atoms with Crippen LogP contribution in [0.3, 0.4) is 0 Å². The standard InChI is InChI=1S/C13H13FN2O4/c1-2-3-11-15-12(20-16-11)7-19-10-5-8(13(17)18)4-9(14)6-10/h4-6H,2-3,7H2,1H3,(H,17,18). The number of carboxylic acids is 1. The van der Waals surface area contributed by atoms with Gasteiger partial charge in [0, 0.05) is 12.5 Å². The number of benzene rings is 1. The minimum absolute atomic E-state index is 0.0424. The number of halogens is 1. The summed E-state index contributed by atoms with van der Waals surface area (Å²) in [6, 6.07) is 3.24. The molecule has 0 bridgehead atoms. The van der Waals surface area contributed by atoms with E-state index in [0.29, 0.717) is 12.2 Å². The van der Waals surface area contributed by atoms with Gasteiger partial charge in [-0.25, -0.2) is 9.18 Å². The molecule has 0 spiro atoms. The van der Waals surface area contributed by atoms with Gasteiger partial charge in [0.05, 0.1) is 5.56 Å². The molecule has 0 aliphatic rings. The highest BCUT2D eigenvalue weighted by atomic mass is 19.1. The van der Waals surface area contributed by atoms with Crippen LogP contribution < -0.4 is 4.74 Å². The summed E-state index contributed by atoms with van der Waals surface area (Å²) in [6.45, 7) is 1.95. The van der Waals surface area contributed by atoms with Gasteiger partial charge in [0.2, 0.25) is 0 Å². The van der Waals surface area contributed by atoms with E-state index in [9.17, 15) is 9.18 Å². The van der Waals surface area contributed by atoms with Crippen molar-refractivity contribution < 1.29 is 23.6 Å². The molecule has 1 N–H and O–H groups in total. The molecule has 2 aromatic rings. The zero-order valence-electron chi connectivity index (χ0n) is 10.8. The first-order chi connectivity index (χ1) is 9.58. The van der Waals surface area contributed by atoms with E-state index in [1.165, 1.54) is 6.07 Å². The van der Waals surface area contributed by atoms with E-state index in [2.05, 4.69) is 10.1 Å². The second kappa shape index (κ2) is 6.14. The average Bonchev–Trinajstić information content (AvgIpc) is 2.84. The number of aromatic carboxylic acids is 1. The van der Waals surface area contributed by atoms with E-state index < -0.39 is 11.8 Å². The lowest BCUT2D eigenvalue weighted by Crippen LogP contribution is -2.01. The highest BCUT2D eigenvalue weighted by Crippen LogP contribution is 2.17. The van der Waals surface area contributed by atoms with Gasteiger partial charge in [-0.3, -0.25) is 0 Å². The number of carboxylic acid groups (broad SMARTS) is 1. The summed E-state index contributed by atoms with van der Waals surface area (Å²) in [6.07, 6.45) is 1.60. The van der Waals surface area contributed by atoms with Crippen LogP contribution in [0.1, 0.15) is 35.4 Å². The van der Waals surface area contributed by atoms with Crippen LogP contribution in [-0.4, -0.2) is 21.2 Å². The first-order valence-electron chi connectivity index (χ1n) is 6.06. The molecule has 0 amide bonds. The van der Waals surface area contributed by atoms with Crippen molar-refractivity contribution >= 4 is 5.97 Å². The van der Waals surface area contributed by atoms with Gasteiger partial charge in [0.15, 0.2) is 12.4 Å². The summed E-state index contributed by atoms with van der Waals surface area (Å²) in [7, 11) is 0. The van der Waals surface area contributed by atoms with Gasteiger partial charge in [0.1, 0.15) is 11.6 Å². The lowest BCUT2D eigenvalue weighted by Gasteiger charge is -2.04. The summed E-state index contributed by atoms with van der Waals surface area (Å²) < 4.78 is 23.4. The number of aryl methyl sites for hydroxylation is 1. The molecular weight excluding hydrogens is 267 g/mol. The van der Waals surface area contributed by atoms with Crippen LogP contribution in [0.5, 0.6) is 5.75 Å². The Bertz CT molecular complexity index is 612. The number of hydrogen-bond acceptors (Lipinski definition) is 5. The number of nitrogens with zero attached hydrogens (tertiary/aromatic N) is 2. The summed E-state index contributed by atoms with van der Waals surface area (Å²) in [5.74, 6) is -0.974. The number of carbonyl (C=O) groups is 1. The van der Waals surface area contributed by atoms with Crippen LogP contribution in [0, 0.1) is 5.82 Å². The monoisotopic (exact) mass is 280 g/mol. The number of ether oxygens (including phenoxy) is 1. The minimum Gasteiger partial charge on any atom is -0.484 e. The molecule has 1 aromatic carbocycles. The Morgan fingerprint density at radius 2 is 2.25 bits per heavy atom. The SMILES string of the molecule is CCCc1noc(COc2cc(F)cc(C(=O)O)c2)n1. The van der Waals surface area contributed by atoms with Crippen LogP contribution in [-0.2, 0) is 13.0 Å². The van der Waals surface area contributed by atoms with Crippen LogP contribution in [0.25, 0.3) is 0 Å². The molecule has 2 rings (SSSR count). The fourth-order valence-electron chi connectivity index (χ4n) is 1.59. The molecule has 0 unspecified atom stereocenters. The van der Waals surface area contributed by atoms with E-state index >= 15 is 0 Å². The van der Waals surface area contributed by atoms with Gasteiger partial charge in [-0.15, -0.1) is 0 Å². The van der Waals surface area contributed by atoms with Gasteiger partial charge in [0.25, 0.3) is 5.89 Å². The van der Waals surface area contributed by atoms with E-state index in [0.717, 1.165) is 18.6 Å². The Kier molecular flexibility index (Phi) is 4.29. The molecule has 0 saturated carbocycles. The number of aromatic nitrogens is 2. The lowest BCUT2D eigenvalue weighted by molar-refractivity contribution is 0.0695. The largest absolute Gasteiger partial charge is 0.484 e. The van der Waals surface area contributed by atoms with Gasteiger partial charge >= 0.3 is 5.97 Å². The molecule has 106 valence electrons. The van der Waals surface area contributed by atoms with Crippen molar-refractivity contribution in [1.82, 2.24) is 10.1 Å². The summed E-state index contributed by atoms with van der Waals surface area (Å²) in [4.78, 5) is 14.9. The van der Waals surface area contributed by atoms with E-state index in [1.807, 2.05) is 6.92 Å². The van der Waals surface area contributed by atoms with Gasteiger partial charge in [-0.1, -0.05) is 12.1 Å². The van der Waals surface area contributed by atoms with Crippen LogP contribution >= 0.6 is 0 Å². The molecule has 0 aliphatic heterocycles. The Morgan fingerprint density at radius 3 is 2.95 bits per heavy atom. The maximum Gasteiger partial charge on any atom is 0.335 e. The van der Waals surface area contributed by atoms with Crippen molar-refractivity contribution in [2.75, 3.05) is 0 Å². The third-order valence-corrected chi connectivity index (χ3v) is 2.46. The third kappa shape index (κ3) is 3.53. The summed E-state index contributed by atoms with van der Waals surface area (Å²) in [5, 5.41) is 12.6. The summed E-state index contributed by atoms with van der Waals surface area (Å²) in [5.41, 5.74) is -0.183. The van der Waals surface area contributed by atoms with Crippen LogP contribution in [0.4, 0.5) is 4.39 Å². The van der Waals surface area contributed by atoms with Crippen molar-refractivity contribution in [2.45, 2.75) is 26.4 Å². The van der Waals surface area contributed by atoms with Gasteiger partial charge in [-0.2, -0.15) is 4.98 Å². The third-order valence-electron chi connectivity index (χ3n) is 2.46. The molecule has 0 fully saturated rings. The second-order valence-electron chi connectivity index (χ2n) is 4.12. The molecule has 7 heteroatoms. The van der Waals surface area contributed by atoms with Crippen molar-refractivity contribution in [3.63, 3.8) is 0 Å². The lowest BCUT2D eigenvalue weighted by atomic mass is 10.2. The molecule has 0 atom stereocenters. The highest BCUT2D eigenvalue weighted by molar-refractivity contribution is 5.88. The van der Waals surface area contributed by atoms with Gasteiger partial charge in [-0.05, 0) is 18.6 Å². The Balaban J connectivity index is 2.04. The first kappa shape index (κ1) is 14.0.